The number of benzene rings is 1. The van der Waals surface area contributed by atoms with Crippen molar-refractivity contribution in [3.63, 3.8) is 0 Å². The van der Waals surface area contributed by atoms with Gasteiger partial charge < -0.3 is 14.5 Å². The molecule has 10 heteroatoms. The van der Waals surface area contributed by atoms with Crippen molar-refractivity contribution in [3.05, 3.63) is 53.6 Å². The van der Waals surface area contributed by atoms with E-state index in [0.29, 0.717) is 62.4 Å². The van der Waals surface area contributed by atoms with Gasteiger partial charge in [0.15, 0.2) is 5.65 Å². The van der Waals surface area contributed by atoms with Gasteiger partial charge in [-0.15, -0.1) is 0 Å². The number of esters is 1. The van der Waals surface area contributed by atoms with Crippen LogP contribution in [-0.4, -0.2) is 74.5 Å². The maximum atomic E-state index is 13.9. The van der Waals surface area contributed by atoms with Crippen LogP contribution in [0, 0.1) is 17.7 Å². The van der Waals surface area contributed by atoms with E-state index in [-0.39, 0.29) is 40.9 Å². The average Bonchev–Trinajstić information content (AvgIpc) is 3.39. The maximum absolute atomic E-state index is 13.9. The first-order chi connectivity index (χ1) is 19.8. The van der Waals surface area contributed by atoms with Crippen molar-refractivity contribution in [1.82, 2.24) is 24.4 Å². The Kier molecular flexibility index (Phi) is 7.85. The third-order valence-corrected chi connectivity index (χ3v) is 8.66. The number of rotatable bonds is 4. The van der Waals surface area contributed by atoms with Gasteiger partial charge in [0, 0.05) is 36.7 Å². The summed E-state index contributed by atoms with van der Waals surface area (Å²) in [6.07, 6.45) is 4.32. The van der Waals surface area contributed by atoms with Crippen molar-refractivity contribution in [3.8, 4) is 11.3 Å². The molecular weight excluding hydrogens is 537 g/mol. The quantitative estimate of drug-likeness (QED) is 0.411. The summed E-state index contributed by atoms with van der Waals surface area (Å²) in [6.45, 7) is 11.4. The third-order valence-electron chi connectivity index (χ3n) is 8.66. The second-order valence-corrected chi connectivity index (χ2v) is 13.2. The third kappa shape index (κ3) is 5.76. The van der Waals surface area contributed by atoms with Gasteiger partial charge in [-0.25, -0.2) is 13.9 Å². The van der Waals surface area contributed by atoms with Gasteiger partial charge in [0.05, 0.1) is 30.5 Å². The number of hydrogen-bond acceptors (Lipinski definition) is 6. The lowest BCUT2D eigenvalue weighted by molar-refractivity contribution is -0.149. The fourth-order valence-electron chi connectivity index (χ4n) is 6.25. The Hall–Kier alpha value is -3.82. The summed E-state index contributed by atoms with van der Waals surface area (Å²) >= 11 is 0. The molecule has 1 saturated carbocycles. The highest BCUT2D eigenvalue weighted by Crippen LogP contribution is 2.34. The van der Waals surface area contributed by atoms with Crippen LogP contribution in [0.5, 0.6) is 0 Å². The second-order valence-electron chi connectivity index (χ2n) is 13.2. The lowest BCUT2D eigenvalue weighted by Crippen LogP contribution is -2.62. The van der Waals surface area contributed by atoms with Crippen molar-refractivity contribution in [2.75, 3.05) is 26.7 Å². The van der Waals surface area contributed by atoms with Crippen molar-refractivity contribution in [2.24, 2.45) is 11.8 Å². The number of hydrogen-bond donors (Lipinski definition) is 0. The number of ether oxygens (including phenoxy) is 1. The Morgan fingerprint density at radius 1 is 1.00 bits per heavy atom. The molecule has 2 aliphatic rings. The van der Waals surface area contributed by atoms with Gasteiger partial charge in [-0.1, -0.05) is 20.8 Å². The molecule has 224 valence electrons. The molecule has 1 saturated heterocycles. The van der Waals surface area contributed by atoms with Gasteiger partial charge in [0.25, 0.3) is 5.91 Å². The lowest BCUT2D eigenvalue weighted by atomic mass is 9.81. The zero-order valence-corrected chi connectivity index (χ0v) is 25.3. The molecular formula is C32H40FN5O4. The van der Waals surface area contributed by atoms with Gasteiger partial charge in [-0.2, -0.15) is 5.10 Å². The van der Waals surface area contributed by atoms with Crippen LogP contribution in [0.25, 0.3) is 16.9 Å². The first-order valence-electron chi connectivity index (χ1n) is 14.6. The summed E-state index contributed by atoms with van der Waals surface area (Å²) < 4.78 is 20.1. The highest BCUT2D eigenvalue weighted by Gasteiger charge is 2.42. The smallest absolute Gasteiger partial charge is 0.308 e. The van der Waals surface area contributed by atoms with Crippen LogP contribution >= 0.6 is 0 Å². The molecule has 0 unspecified atom stereocenters. The fourth-order valence-corrected chi connectivity index (χ4v) is 6.25. The van der Waals surface area contributed by atoms with E-state index >= 15 is 0 Å². The molecule has 2 amide bonds. The van der Waals surface area contributed by atoms with E-state index in [2.05, 4.69) is 20.8 Å². The molecule has 1 aliphatic heterocycles. The van der Waals surface area contributed by atoms with Crippen LogP contribution in [-0.2, 0) is 19.7 Å². The minimum absolute atomic E-state index is 0.0959. The Labute approximate surface area is 246 Å². The first-order valence-corrected chi connectivity index (χ1v) is 14.6. The van der Waals surface area contributed by atoms with Crippen LogP contribution in [0.15, 0.2) is 36.5 Å². The van der Waals surface area contributed by atoms with Gasteiger partial charge in [0.2, 0.25) is 5.91 Å². The minimum atomic E-state index is -0.608. The van der Waals surface area contributed by atoms with E-state index < -0.39 is 5.54 Å². The van der Waals surface area contributed by atoms with E-state index in [4.69, 9.17) is 14.8 Å². The molecule has 9 nitrogen and oxygen atoms in total. The predicted octanol–water partition coefficient (Wildman–Crippen LogP) is 4.88. The van der Waals surface area contributed by atoms with Crippen molar-refractivity contribution >= 4 is 23.4 Å². The number of nitrogens with zero attached hydrogens (tertiary/aromatic N) is 5. The summed E-state index contributed by atoms with van der Waals surface area (Å²) in [5.41, 5.74) is 2.36. The average molecular weight is 578 g/mol. The van der Waals surface area contributed by atoms with Crippen LogP contribution in [0.2, 0.25) is 0 Å². The van der Waals surface area contributed by atoms with Crippen LogP contribution in [0.1, 0.15) is 76.4 Å². The summed E-state index contributed by atoms with van der Waals surface area (Å²) in [4.78, 5) is 47.6. The van der Waals surface area contributed by atoms with E-state index in [1.165, 1.54) is 19.2 Å². The first kappa shape index (κ1) is 29.7. The highest BCUT2D eigenvalue weighted by atomic mass is 19.1. The Morgan fingerprint density at radius 3 is 2.24 bits per heavy atom. The number of aromatic nitrogens is 3. The van der Waals surface area contributed by atoms with Gasteiger partial charge in [-0.3, -0.25) is 14.4 Å². The molecule has 1 aliphatic carbocycles. The number of methoxy groups -OCH3 is 1. The van der Waals surface area contributed by atoms with E-state index in [1.54, 1.807) is 27.7 Å². The minimum Gasteiger partial charge on any atom is -0.469 e. The van der Waals surface area contributed by atoms with E-state index in [1.807, 2.05) is 24.8 Å². The molecule has 3 heterocycles. The zero-order valence-electron chi connectivity index (χ0n) is 25.3. The molecule has 0 atom stereocenters. The lowest BCUT2D eigenvalue weighted by Gasteiger charge is -2.47. The summed E-state index contributed by atoms with van der Waals surface area (Å²) in [6, 6.07) is 8.14. The Bertz CT molecular complexity index is 1500. The number of piperazine rings is 1. The number of halogens is 1. The summed E-state index contributed by atoms with van der Waals surface area (Å²) in [5, 5.41) is 4.72. The Balaban J connectivity index is 1.35. The maximum Gasteiger partial charge on any atom is 0.308 e. The van der Waals surface area contributed by atoms with Gasteiger partial charge in [0.1, 0.15) is 11.5 Å². The molecule has 1 aromatic carbocycles. The predicted molar refractivity (Wildman–Crippen MR) is 156 cm³/mol. The highest BCUT2D eigenvalue weighted by molar-refractivity contribution is 5.94. The largest absolute Gasteiger partial charge is 0.469 e. The monoisotopic (exact) mass is 577 g/mol. The molecule has 2 fully saturated rings. The SMILES string of the molecule is COC(=O)[C@H]1CC[C@@H](C(=O)N2CCN(C(=O)c3cn4nc(-c5ccc(F)cc5)cc(C(C)(C)C)c4n3)C(C)(C)C2)CC1. The van der Waals surface area contributed by atoms with Crippen LogP contribution in [0.3, 0.4) is 0 Å². The van der Waals surface area contributed by atoms with E-state index in [9.17, 15) is 18.8 Å². The molecule has 5 rings (SSSR count). The number of amides is 2. The number of carbonyl (C=O) groups excluding carboxylic acids is 3. The standard InChI is InChI=1S/C32H40FN5O4/c1-31(2,3)24-17-25(20-11-13-23(33)14-12-20)35-38-18-26(34-27(24)38)29(40)37-16-15-36(19-32(37,4)5)28(39)21-7-9-22(10-8-21)30(41)42-6/h11-14,17-18,21-22H,7-10,15-16,19H2,1-6H3/t21-,22+. The number of carbonyl (C=O) groups is 3. The fraction of sp³-hybridized carbons (Fsp3) is 0.531. The summed E-state index contributed by atoms with van der Waals surface area (Å²) in [5.74, 6) is -0.868. The molecule has 3 aromatic rings. The summed E-state index contributed by atoms with van der Waals surface area (Å²) in [7, 11) is 1.40. The number of fused-ring (bicyclic) bond motifs is 1. The van der Waals surface area contributed by atoms with Gasteiger partial charge in [-0.05, 0) is 75.3 Å². The topological polar surface area (TPSA) is 97.1 Å². The molecule has 0 radical (unpaired) electrons. The Morgan fingerprint density at radius 2 is 1.64 bits per heavy atom. The second kappa shape index (κ2) is 11.1. The molecule has 0 bridgehead atoms. The van der Waals surface area contributed by atoms with Crippen molar-refractivity contribution in [2.45, 2.75) is 71.3 Å². The normalized spacial score (nSPS) is 20.9. The van der Waals surface area contributed by atoms with E-state index in [0.717, 1.165) is 11.1 Å². The molecule has 0 spiro atoms. The molecule has 42 heavy (non-hydrogen) atoms. The number of imidazole rings is 1. The molecule has 2 aromatic heterocycles. The van der Waals surface area contributed by atoms with Crippen molar-refractivity contribution in [1.29, 1.82) is 0 Å². The van der Waals surface area contributed by atoms with Crippen LogP contribution < -0.4 is 0 Å². The van der Waals surface area contributed by atoms with Gasteiger partial charge >= 0.3 is 5.97 Å². The molecule has 0 N–H and O–H groups in total. The van der Waals surface area contributed by atoms with Crippen molar-refractivity contribution < 1.29 is 23.5 Å². The van der Waals surface area contributed by atoms with Crippen LogP contribution in [0.4, 0.5) is 4.39 Å². The zero-order chi connectivity index (χ0) is 30.4.